The maximum absolute atomic E-state index is 11.8. The number of nitrogens with two attached hydrogens (primary N) is 1. The molecule has 1 saturated carbocycles. The fraction of sp³-hybridized carbons (Fsp3) is 0.667. The van der Waals surface area contributed by atoms with Gasteiger partial charge in [0.05, 0.1) is 12.8 Å². The van der Waals surface area contributed by atoms with Crippen molar-refractivity contribution in [2.24, 2.45) is 11.7 Å². The second-order valence-electron chi connectivity index (χ2n) is 5.65. The fourth-order valence-corrected chi connectivity index (χ4v) is 2.82. The minimum absolute atomic E-state index is 0. The van der Waals surface area contributed by atoms with Gasteiger partial charge in [0.1, 0.15) is 11.9 Å². The Morgan fingerprint density at radius 1 is 1.43 bits per heavy atom. The summed E-state index contributed by atoms with van der Waals surface area (Å²) in [5.74, 6) is 0.780. The zero-order valence-electron chi connectivity index (χ0n) is 12.2. The molecule has 21 heavy (non-hydrogen) atoms. The normalized spacial score (nSPS) is 18.6. The Labute approximate surface area is 131 Å². The molecule has 1 aliphatic rings. The third-order valence-corrected chi connectivity index (χ3v) is 4.02. The van der Waals surface area contributed by atoms with Gasteiger partial charge in [-0.1, -0.05) is 32.1 Å². The minimum atomic E-state index is -1.15. The summed E-state index contributed by atoms with van der Waals surface area (Å²) in [6, 6.07) is 3.04. The molecule has 0 aliphatic heterocycles. The summed E-state index contributed by atoms with van der Waals surface area (Å²) >= 11 is 0. The summed E-state index contributed by atoms with van der Waals surface area (Å²) in [6.07, 6.45) is 7.20. The standard InChI is InChI=1S/C15H24N2O3.ClH/c16-13(9-11-5-2-1-3-6-11)14(18)15(19)17-10-12-7-4-8-20-12;/h4,7-8,11,13-14,18H,1-3,5-6,9-10,16H2,(H,17,19);1H/t13-,14?;/m1./s1. The Balaban J connectivity index is 0.00000220. The van der Waals surface area contributed by atoms with Crippen LogP contribution in [0.3, 0.4) is 0 Å². The van der Waals surface area contributed by atoms with Crippen LogP contribution in [0.4, 0.5) is 0 Å². The van der Waals surface area contributed by atoms with Crippen molar-refractivity contribution in [1.82, 2.24) is 5.32 Å². The van der Waals surface area contributed by atoms with Crippen LogP contribution in [-0.2, 0) is 11.3 Å². The molecular formula is C15H25ClN2O3. The number of carbonyl (C=O) groups is 1. The van der Waals surface area contributed by atoms with E-state index < -0.39 is 18.1 Å². The van der Waals surface area contributed by atoms with Crippen molar-refractivity contribution in [1.29, 1.82) is 0 Å². The molecule has 2 rings (SSSR count). The molecule has 1 aliphatic carbocycles. The number of furan rings is 1. The van der Waals surface area contributed by atoms with Gasteiger partial charge in [-0.2, -0.15) is 0 Å². The monoisotopic (exact) mass is 316 g/mol. The first-order chi connectivity index (χ1) is 9.66. The highest BCUT2D eigenvalue weighted by atomic mass is 35.5. The molecule has 0 bridgehead atoms. The van der Waals surface area contributed by atoms with Crippen LogP contribution in [0, 0.1) is 5.92 Å². The average Bonchev–Trinajstić information content (AvgIpc) is 2.98. The largest absolute Gasteiger partial charge is 0.467 e. The van der Waals surface area contributed by atoms with E-state index in [0.29, 0.717) is 11.7 Å². The summed E-state index contributed by atoms with van der Waals surface area (Å²) in [6.45, 7) is 0.277. The van der Waals surface area contributed by atoms with Crippen molar-refractivity contribution in [2.75, 3.05) is 0 Å². The van der Waals surface area contributed by atoms with Gasteiger partial charge in [-0.05, 0) is 24.5 Å². The highest BCUT2D eigenvalue weighted by Gasteiger charge is 2.26. The smallest absolute Gasteiger partial charge is 0.250 e. The number of hydrogen-bond acceptors (Lipinski definition) is 4. The molecule has 0 spiro atoms. The van der Waals surface area contributed by atoms with E-state index in [-0.39, 0.29) is 19.0 Å². The van der Waals surface area contributed by atoms with Crippen LogP contribution in [-0.4, -0.2) is 23.2 Å². The van der Waals surface area contributed by atoms with Gasteiger partial charge in [-0.3, -0.25) is 4.79 Å². The molecule has 120 valence electrons. The Hall–Kier alpha value is -1.04. The van der Waals surface area contributed by atoms with E-state index in [1.807, 2.05) is 0 Å². The number of amides is 1. The topological polar surface area (TPSA) is 88.5 Å². The van der Waals surface area contributed by atoms with E-state index in [1.54, 1.807) is 18.4 Å². The van der Waals surface area contributed by atoms with Crippen molar-refractivity contribution >= 4 is 18.3 Å². The fourth-order valence-electron chi connectivity index (χ4n) is 2.82. The lowest BCUT2D eigenvalue weighted by Gasteiger charge is -2.26. The van der Waals surface area contributed by atoms with Crippen LogP contribution in [0.15, 0.2) is 22.8 Å². The molecule has 1 unspecified atom stereocenters. The van der Waals surface area contributed by atoms with Gasteiger partial charge in [0.2, 0.25) is 0 Å². The first-order valence-corrected chi connectivity index (χ1v) is 7.40. The molecule has 6 heteroatoms. The van der Waals surface area contributed by atoms with Gasteiger partial charge in [0.25, 0.3) is 5.91 Å². The molecule has 0 saturated heterocycles. The van der Waals surface area contributed by atoms with Gasteiger partial charge < -0.3 is 20.6 Å². The van der Waals surface area contributed by atoms with Crippen LogP contribution in [0.1, 0.15) is 44.3 Å². The number of nitrogens with one attached hydrogen (secondary N) is 1. The van der Waals surface area contributed by atoms with E-state index >= 15 is 0 Å². The highest BCUT2D eigenvalue weighted by Crippen LogP contribution is 2.27. The number of hydrogen-bond donors (Lipinski definition) is 3. The Morgan fingerprint density at radius 2 is 2.14 bits per heavy atom. The molecule has 1 aromatic rings. The molecule has 1 amide bonds. The van der Waals surface area contributed by atoms with E-state index in [9.17, 15) is 9.90 Å². The second-order valence-corrected chi connectivity index (χ2v) is 5.65. The molecular weight excluding hydrogens is 292 g/mol. The average molecular weight is 317 g/mol. The van der Waals surface area contributed by atoms with Gasteiger partial charge in [-0.15, -0.1) is 12.4 Å². The summed E-state index contributed by atoms with van der Waals surface area (Å²) in [4.78, 5) is 11.8. The zero-order chi connectivity index (χ0) is 14.4. The summed E-state index contributed by atoms with van der Waals surface area (Å²) in [5.41, 5.74) is 5.96. The van der Waals surface area contributed by atoms with Crippen LogP contribution in [0.5, 0.6) is 0 Å². The van der Waals surface area contributed by atoms with Crippen molar-refractivity contribution in [3.8, 4) is 0 Å². The molecule has 0 aromatic carbocycles. The molecule has 2 atom stereocenters. The maximum Gasteiger partial charge on any atom is 0.250 e. The van der Waals surface area contributed by atoms with Gasteiger partial charge in [0.15, 0.2) is 0 Å². The third kappa shape index (κ3) is 5.69. The van der Waals surface area contributed by atoms with Gasteiger partial charge >= 0.3 is 0 Å². The summed E-state index contributed by atoms with van der Waals surface area (Å²) in [5, 5.41) is 12.6. The number of halogens is 1. The van der Waals surface area contributed by atoms with Crippen LogP contribution < -0.4 is 11.1 Å². The second kappa shape index (κ2) is 9.07. The van der Waals surface area contributed by atoms with Crippen molar-refractivity contribution in [3.63, 3.8) is 0 Å². The molecule has 1 heterocycles. The SMILES string of the molecule is Cl.N[C@H](CC1CCCCC1)C(O)C(=O)NCc1ccco1. The highest BCUT2D eigenvalue weighted by molar-refractivity contribution is 5.85. The predicted molar refractivity (Wildman–Crippen MR) is 83.0 cm³/mol. The Kier molecular flexibility index (Phi) is 7.78. The molecule has 4 N–H and O–H groups in total. The Morgan fingerprint density at radius 3 is 2.76 bits per heavy atom. The van der Waals surface area contributed by atoms with E-state index in [4.69, 9.17) is 10.2 Å². The summed E-state index contributed by atoms with van der Waals surface area (Å²) in [7, 11) is 0. The summed E-state index contributed by atoms with van der Waals surface area (Å²) < 4.78 is 5.12. The van der Waals surface area contributed by atoms with E-state index in [0.717, 1.165) is 19.3 Å². The van der Waals surface area contributed by atoms with Crippen molar-refractivity contribution in [3.05, 3.63) is 24.2 Å². The van der Waals surface area contributed by atoms with Crippen molar-refractivity contribution in [2.45, 2.75) is 57.2 Å². The Bertz CT molecular complexity index is 405. The third-order valence-electron chi connectivity index (χ3n) is 4.02. The quantitative estimate of drug-likeness (QED) is 0.748. The predicted octanol–water partition coefficient (Wildman–Crippen LogP) is 1.98. The molecule has 0 radical (unpaired) electrons. The molecule has 1 aromatic heterocycles. The molecule has 5 nitrogen and oxygen atoms in total. The zero-order valence-corrected chi connectivity index (χ0v) is 13.0. The lowest BCUT2D eigenvalue weighted by Crippen LogP contribution is -2.47. The van der Waals surface area contributed by atoms with Gasteiger partial charge in [0, 0.05) is 6.04 Å². The number of aliphatic hydroxyl groups excluding tert-OH is 1. The van der Waals surface area contributed by atoms with Crippen LogP contribution in [0.2, 0.25) is 0 Å². The van der Waals surface area contributed by atoms with Crippen molar-refractivity contribution < 1.29 is 14.3 Å². The van der Waals surface area contributed by atoms with E-state index in [2.05, 4.69) is 5.32 Å². The van der Waals surface area contributed by atoms with Gasteiger partial charge in [-0.25, -0.2) is 0 Å². The number of rotatable bonds is 6. The number of aliphatic hydroxyl groups is 1. The lowest BCUT2D eigenvalue weighted by molar-refractivity contribution is -0.130. The minimum Gasteiger partial charge on any atom is -0.467 e. The molecule has 1 fully saturated rings. The first kappa shape index (κ1) is 18.0. The van der Waals surface area contributed by atoms with Crippen LogP contribution >= 0.6 is 12.4 Å². The lowest BCUT2D eigenvalue weighted by atomic mass is 9.84. The first-order valence-electron chi connectivity index (χ1n) is 7.40. The van der Waals surface area contributed by atoms with E-state index in [1.165, 1.54) is 19.3 Å². The van der Waals surface area contributed by atoms with Crippen LogP contribution in [0.25, 0.3) is 0 Å². The maximum atomic E-state index is 11.8. The number of carbonyl (C=O) groups excluding carboxylic acids is 1.